The van der Waals surface area contributed by atoms with E-state index in [4.69, 9.17) is 0 Å². The van der Waals surface area contributed by atoms with Crippen LogP contribution >= 0.6 is 0 Å². The summed E-state index contributed by atoms with van der Waals surface area (Å²) in [5.41, 5.74) is 1.44. The van der Waals surface area contributed by atoms with Crippen LogP contribution in [0.4, 0.5) is 0 Å². The molecule has 1 fully saturated rings. The number of benzene rings is 1. The number of rotatable bonds is 5. The predicted octanol–water partition coefficient (Wildman–Crippen LogP) is 3.50. The van der Waals surface area contributed by atoms with E-state index in [0.717, 1.165) is 5.56 Å². The topological polar surface area (TPSA) is 41.1 Å². The van der Waals surface area contributed by atoms with Crippen molar-refractivity contribution in [2.24, 2.45) is 11.3 Å². The predicted molar refractivity (Wildman–Crippen MR) is 91.5 cm³/mol. The fraction of sp³-hybridized carbons (Fsp3) is 0.632. The first kappa shape index (κ1) is 17.0. The van der Waals surface area contributed by atoms with Gasteiger partial charge in [0.25, 0.3) is 0 Å². The summed E-state index contributed by atoms with van der Waals surface area (Å²) in [7, 11) is 0. The van der Waals surface area contributed by atoms with Crippen LogP contribution in [-0.4, -0.2) is 18.5 Å². The highest BCUT2D eigenvalue weighted by Gasteiger charge is 2.33. The smallest absolute Gasteiger partial charge is 0.234 e. The highest BCUT2D eigenvalue weighted by atomic mass is 16.1. The van der Waals surface area contributed by atoms with Gasteiger partial charge in [-0.15, -0.1) is 0 Å². The van der Waals surface area contributed by atoms with Crippen LogP contribution in [0, 0.1) is 11.3 Å². The van der Waals surface area contributed by atoms with E-state index in [0.29, 0.717) is 30.5 Å². The molecule has 1 amide bonds. The average Bonchev–Trinajstić information content (AvgIpc) is 2.51. The van der Waals surface area contributed by atoms with Crippen molar-refractivity contribution in [1.29, 1.82) is 0 Å². The lowest BCUT2D eigenvalue weighted by Crippen LogP contribution is -2.47. The average molecular weight is 302 g/mol. The standard InChI is InChI=1S/C19H30N2O/c1-19(2,3)16-11-7-8-12-17(16)20-14-18(22)21-13-15-9-5-4-6-10-15/h4-6,9-10,16-17,20H,7-8,11-14H2,1-3H3,(H,21,22). The van der Waals surface area contributed by atoms with Crippen LogP contribution in [0.1, 0.15) is 52.0 Å². The Bertz CT molecular complexity index is 464. The molecular formula is C19H30N2O. The van der Waals surface area contributed by atoms with Gasteiger partial charge in [-0.1, -0.05) is 63.9 Å². The highest BCUT2D eigenvalue weighted by molar-refractivity contribution is 5.78. The molecule has 22 heavy (non-hydrogen) atoms. The number of hydrogen-bond donors (Lipinski definition) is 2. The summed E-state index contributed by atoms with van der Waals surface area (Å²) in [4.78, 5) is 12.0. The van der Waals surface area contributed by atoms with E-state index < -0.39 is 0 Å². The molecule has 1 aliphatic rings. The lowest BCUT2D eigenvalue weighted by Gasteiger charge is -2.40. The molecule has 122 valence electrons. The van der Waals surface area contributed by atoms with Crippen LogP contribution in [0.5, 0.6) is 0 Å². The van der Waals surface area contributed by atoms with Crippen LogP contribution in [0.3, 0.4) is 0 Å². The Morgan fingerprint density at radius 1 is 1.14 bits per heavy atom. The fourth-order valence-electron chi connectivity index (χ4n) is 3.49. The Hall–Kier alpha value is -1.35. The molecule has 1 saturated carbocycles. The molecule has 1 aromatic rings. The summed E-state index contributed by atoms with van der Waals surface area (Å²) in [6.07, 6.45) is 5.05. The second-order valence-corrected chi connectivity index (χ2v) is 7.51. The molecule has 2 unspecified atom stereocenters. The summed E-state index contributed by atoms with van der Waals surface area (Å²) >= 11 is 0. The Balaban J connectivity index is 1.77. The second kappa shape index (κ2) is 7.77. The number of nitrogens with one attached hydrogen (secondary N) is 2. The third kappa shape index (κ3) is 5.13. The zero-order valence-electron chi connectivity index (χ0n) is 14.2. The van der Waals surface area contributed by atoms with Gasteiger partial charge in [0.05, 0.1) is 6.54 Å². The van der Waals surface area contributed by atoms with Gasteiger partial charge in [-0.05, 0) is 29.7 Å². The van der Waals surface area contributed by atoms with E-state index in [1.807, 2.05) is 30.3 Å². The van der Waals surface area contributed by atoms with E-state index >= 15 is 0 Å². The van der Waals surface area contributed by atoms with Gasteiger partial charge >= 0.3 is 0 Å². The van der Waals surface area contributed by atoms with Gasteiger partial charge in [0.2, 0.25) is 5.91 Å². The summed E-state index contributed by atoms with van der Waals surface area (Å²) in [6.45, 7) is 7.96. The summed E-state index contributed by atoms with van der Waals surface area (Å²) in [6, 6.07) is 10.5. The van der Waals surface area contributed by atoms with Crippen LogP contribution in [-0.2, 0) is 11.3 Å². The molecule has 0 bridgehead atoms. The SMILES string of the molecule is CC(C)(C)C1CCCCC1NCC(=O)NCc1ccccc1. The largest absolute Gasteiger partial charge is 0.351 e. The lowest BCUT2D eigenvalue weighted by atomic mass is 9.69. The Labute approximate surface area is 134 Å². The quantitative estimate of drug-likeness (QED) is 0.874. The minimum atomic E-state index is 0.0853. The molecule has 3 heteroatoms. The molecule has 0 spiro atoms. The van der Waals surface area contributed by atoms with Gasteiger partial charge in [0, 0.05) is 12.6 Å². The van der Waals surface area contributed by atoms with Crippen molar-refractivity contribution in [2.75, 3.05) is 6.54 Å². The first-order chi connectivity index (χ1) is 10.5. The third-order valence-electron chi connectivity index (χ3n) is 4.74. The maximum atomic E-state index is 12.0. The Morgan fingerprint density at radius 2 is 1.82 bits per heavy atom. The van der Waals surface area contributed by atoms with Crippen LogP contribution < -0.4 is 10.6 Å². The van der Waals surface area contributed by atoms with Crippen molar-refractivity contribution in [1.82, 2.24) is 10.6 Å². The summed E-state index contributed by atoms with van der Waals surface area (Å²) in [5.74, 6) is 0.741. The van der Waals surface area contributed by atoms with Gasteiger partial charge in [-0.25, -0.2) is 0 Å². The van der Waals surface area contributed by atoms with E-state index in [1.54, 1.807) is 0 Å². The van der Waals surface area contributed by atoms with E-state index in [1.165, 1.54) is 25.7 Å². The first-order valence-electron chi connectivity index (χ1n) is 8.51. The van der Waals surface area contributed by atoms with E-state index in [2.05, 4.69) is 31.4 Å². The van der Waals surface area contributed by atoms with Crippen molar-refractivity contribution in [3.8, 4) is 0 Å². The molecule has 0 aromatic heterocycles. The minimum Gasteiger partial charge on any atom is -0.351 e. The summed E-state index contributed by atoms with van der Waals surface area (Å²) < 4.78 is 0. The van der Waals surface area contributed by atoms with Crippen LogP contribution in [0.15, 0.2) is 30.3 Å². The number of amides is 1. The molecule has 2 rings (SSSR count). The van der Waals surface area contributed by atoms with Crippen molar-refractivity contribution < 1.29 is 4.79 Å². The first-order valence-corrected chi connectivity index (χ1v) is 8.51. The molecule has 0 heterocycles. The highest BCUT2D eigenvalue weighted by Crippen LogP contribution is 2.37. The summed E-state index contributed by atoms with van der Waals surface area (Å²) in [5, 5.41) is 6.49. The maximum Gasteiger partial charge on any atom is 0.234 e. The van der Waals surface area contributed by atoms with Crippen molar-refractivity contribution in [2.45, 2.75) is 59.0 Å². The Morgan fingerprint density at radius 3 is 2.50 bits per heavy atom. The fourth-order valence-corrected chi connectivity index (χ4v) is 3.49. The molecule has 3 nitrogen and oxygen atoms in total. The number of carbonyl (C=O) groups excluding carboxylic acids is 1. The zero-order valence-corrected chi connectivity index (χ0v) is 14.2. The number of hydrogen-bond acceptors (Lipinski definition) is 2. The maximum absolute atomic E-state index is 12.0. The van der Waals surface area contributed by atoms with Gasteiger partial charge in [-0.2, -0.15) is 0 Å². The van der Waals surface area contributed by atoms with Crippen LogP contribution in [0.2, 0.25) is 0 Å². The number of carbonyl (C=O) groups is 1. The molecule has 0 saturated heterocycles. The van der Waals surface area contributed by atoms with E-state index in [-0.39, 0.29) is 5.91 Å². The normalized spacial score (nSPS) is 22.3. The van der Waals surface area contributed by atoms with Crippen molar-refractivity contribution in [3.05, 3.63) is 35.9 Å². The second-order valence-electron chi connectivity index (χ2n) is 7.51. The van der Waals surface area contributed by atoms with Gasteiger partial charge < -0.3 is 10.6 Å². The van der Waals surface area contributed by atoms with Crippen molar-refractivity contribution >= 4 is 5.91 Å². The van der Waals surface area contributed by atoms with Gasteiger partial charge in [0.15, 0.2) is 0 Å². The zero-order chi connectivity index (χ0) is 16.0. The monoisotopic (exact) mass is 302 g/mol. The molecule has 0 radical (unpaired) electrons. The van der Waals surface area contributed by atoms with Gasteiger partial charge in [0.1, 0.15) is 0 Å². The molecule has 1 aromatic carbocycles. The molecular weight excluding hydrogens is 272 g/mol. The molecule has 2 N–H and O–H groups in total. The Kier molecular flexibility index (Phi) is 6.01. The minimum absolute atomic E-state index is 0.0853. The van der Waals surface area contributed by atoms with Crippen molar-refractivity contribution in [3.63, 3.8) is 0 Å². The van der Waals surface area contributed by atoms with E-state index in [9.17, 15) is 4.79 Å². The molecule has 0 aliphatic heterocycles. The van der Waals surface area contributed by atoms with Crippen LogP contribution in [0.25, 0.3) is 0 Å². The van der Waals surface area contributed by atoms with Gasteiger partial charge in [-0.3, -0.25) is 4.79 Å². The molecule has 1 aliphatic carbocycles. The lowest BCUT2D eigenvalue weighted by molar-refractivity contribution is -0.120. The third-order valence-corrected chi connectivity index (χ3v) is 4.74. The molecule has 2 atom stereocenters.